The normalized spacial score (nSPS) is 14.0. The number of aliphatic hydroxyl groups excluding tert-OH is 1. The Morgan fingerprint density at radius 3 is 2.65 bits per heavy atom. The maximum absolute atomic E-state index is 10.5. The molecule has 0 saturated heterocycles. The van der Waals surface area contributed by atoms with Crippen LogP contribution in [-0.4, -0.2) is 41.5 Å². The number of carboxylic acids is 1. The second-order valence-electron chi connectivity index (χ2n) is 3.75. The van der Waals surface area contributed by atoms with Crippen LogP contribution >= 0.6 is 0 Å². The number of rotatable bonds is 7. The Morgan fingerprint density at radius 1 is 1.41 bits per heavy atom. The van der Waals surface area contributed by atoms with Gasteiger partial charge in [-0.15, -0.1) is 0 Å². The van der Waals surface area contributed by atoms with E-state index in [0.717, 1.165) is 0 Å². The molecule has 0 spiro atoms. The van der Waals surface area contributed by atoms with Crippen molar-refractivity contribution in [3.05, 3.63) is 30.3 Å². The quantitative estimate of drug-likeness (QED) is 0.645. The van der Waals surface area contributed by atoms with Gasteiger partial charge in [0.05, 0.1) is 0 Å². The van der Waals surface area contributed by atoms with Crippen LogP contribution in [0.5, 0.6) is 5.75 Å². The second-order valence-corrected chi connectivity index (χ2v) is 3.75. The molecule has 0 radical (unpaired) electrons. The topological polar surface area (TPSA) is 78.8 Å². The number of carboxylic acid groups (broad SMARTS) is 1. The van der Waals surface area contributed by atoms with Crippen molar-refractivity contribution in [1.29, 1.82) is 0 Å². The van der Waals surface area contributed by atoms with Gasteiger partial charge in [0.15, 0.2) is 0 Å². The number of hydrogen-bond acceptors (Lipinski definition) is 4. The van der Waals surface area contributed by atoms with E-state index in [0.29, 0.717) is 5.75 Å². The molecule has 0 aliphatic rings. The van der Waals surface area contributed by atoms with Gasteiger partial charge in [-0.3, -0.25) is 4.79 Å². The van der Waals surface area contributed by atoms with Gasteiger partial charge in [-0.1, -0.05) is 18.2 Å². The minimum absolute atomic E-state index is 0.128. The number of para-hydroxylation sites is 1. The highest BCUT2D eigenvalue weighted by molar-refractivity contribution is 5.72. The van der Waals surface area contributed by atoms with Crippen molar-refractivity contribution in [2.24, 2.45) is 0 Å². The summed E-state index contributed by atoms with van der Waals surface area (Å²) in [6.07, 6.45) is -0.739. The maximum atomic E-state index is 10.5. The Balaban J connectivity index is 2.22. The molecule has 2 atom stereocenters. The number of carbonyl (C=O) groups is 1. The molecule has 1 aromatic rings. The first-order chi connectivity index (χ1) is 8.09. The third kappa shape index (κ3) is 5.33. The average Bonchev–Trinajstić information content (AvgIpc) is 2.34. The van der Waals surface area contributed by atoms with E-state index in [4.69, 9.17) is 9.84 Å². The summed E-state index contributed by atoms with van der Waals surface area (Å²) in [7, 11) is 0. The summed E-state index contributed by atoms with van der Waals surface area (Å²) in [5.41, 5.74) is 0. The van der Waals surface area contributed by atoms with Gasteiger partial charge < -0.3 is 20.3 Å². The number of benzene rings is 1. The number of aliphatic carboxylic acids is 1. The van der Waals surface area contributed by atoms with Gasteiger partial charge in [-0.25, -0.2) is 0 Å². The van der Waals surface area contributed by atoms with Gasteiger partial charge in [-0.2, -0.15) is 0 Å². The minimum atomic E-state index is -0.943. The highest BCUT2D eigenvalue weighted by Gasteiger charge is 2.12. The van der Waals surface area contributed by atoms with Crippen molar-refractivity contribution in [3.8, 4) is 5.75 Å². The van der Waals surface area contributed by atoms with Crippen LogP contribution in [0.15, 0.2) is 30.3 Å². The monoisotopic (exact) mass is 239 g/mol. The van der Waals surface area contributed by atoms with E-state index in [1.54, 1.807) is 12.1 Å². The molecule has 5 heteroatoms. The lowest BCUT2D eigenvalue weighted by atomic mass is 10.3. The lowest BCUT2D eigenvalue weighted by molar-refractivity contribution is -0.139. The summed E-state index contributed by atoms with van der Waals surface area (Å²) >= 11 is 0. The van der Waals surface area contributed by atoms with Gasteiger partial charge in [0, 0.05) is 6.54 Å². The second kappa shape index (κ2) is 6.88. The molecular weight excluding hydrogens is 222 g/mol. The molecule has 0 fully saturated rings. The molecule has 3 N–H and O–H groups in total. The van der Waals surface area contributed by atoms with Crippen LogP contribution in [0.2, 0.25) is 0 Å². The van der Waals surface area contributed by atoms with Crippen molar-refractivity contribution in [2.75, 3.05) is 13.2 Å². The lowest BCUT2D eigenvalue weighted by Gasteiger charge is -2.15. The van der Waals surface area contributed by atoms with Gasteiger partial charge >= 0.3 is 5.97 Å². The Bertz CT molecular complexity index is 342. The molecule has 1 rings (SSSR count). The first-order valence-corrected chi connectivity index (χ1v) is 5.41. The fourth-order valence-corrected chi connectivity index (χ4v) is 1.17. The first-order valence-electron chi connectivity index (χ1n) is 5.41. The van der Waals surface area contributed by atoms with E-state index in [9.17, 15) is 9.90 Å². The third-order valence-electron chi connectivity index (χ3n) is 2.22. The predicted molar refractivity (Wildman–Crippen MR) is 63.0 cm³/mol. The van der Waals surface area contributed by atoms with Crippen LogP contribution in [0.1, 0.15) is 6.92 Å². The van der Waals surface area contributed by atoms with Crippen molar-refractivity contribution in [3.63, 3.8) is 0 Å². The zero-order chi connectivity index (χ0) is 12.7. The van der Waals surface area contributed by atoms with E-state index in [2.05, 4.69) is 5.32 Å². The molecular formula is C12H17NO4. The van der Waals surface area contributed by atoms with Crippen molar-refractivity contribution < 1.29 is 19.7 Å². The Hall–Kier alpha value is -1.59. The summed E-state index contributed by atoms with van der Waals surface area (Å²) in [6.45, 7) is 1.83. The zero-order valence-electron chi connectivity index (χ0n) is 9.67. The Kier molecular flexibility index (Phi) is 5.45. The fourth-order valence-electron chi connectivity index (χ4n) is 1.17. The van der Waals surface area contributed by atoms with Gasteiger partial charge in [0.25, 0.3) is 0 Å². The molecule has 0 saturated carbocycles. The first kappa shape index (κ1) is 13.5. The van der Waals surface area contributed by atoms with Crippen LogP contribution in [0, 0.1) is 0 Å². The third-order valence-corrected chi connectivity index (χ3v) is 2.22. The zero-order valence-corrected chi connectivity index (χ0v) is 9.67. The van der Waals surface area contributed by atoms with E-state index < -0.39 is 18.1 Å². The molecule has 0 aromatic heterocycles. The summed E-state index contributed by atoms with van der Waals surface area (Å²) in [6, 6.07) is 8.46. The van der Waals surface area contributed by atoms with E-state index in [-0.39, 0.29) is 13.2 Å². The Morgan fingerprint density at radius 2 is 2.06 bits per heavy atom. The van der Waals surface area contributed by atoms with Crippen molar-refractivity contribution in [2.45, 2.75) is 19.1 Å². The molecule has 94 valence electrons. The summed E-state index contributed by atoms with van der Waals surface area (Å²) in [5.74, 6) is -0.265. The SMILES string of the molecule is C[C@H](NC[C@@H](O)COc1ccccc1)C(=O)O. The molecule has 0 aliphatic carbocycles. The van der Waals surface area contributed by atoms with Crippen LogP contribution in [0.4, 0.5) is 0 Å². The predicted octanol–water partition coefficient (Wildman–Crippen LogP) is 0.489. The van der Waals surface area contributed by atoms with Crippen molar-refractivity contribution in [1.82, 2.24) is 5.32 Å². The molecule has 5 nitrogen and oxygen atoms in total. The Labute approximate surface area is 100 Å². The van der Waals surface area contributed by atoms with Crippen LogP contribution in [0.3, 0.4) is 0 Å². The lowest BCUT2D eigenvalue weighted by Crippen LogP contribution is -2.40. The molecule has 1 aromatic carbocycles. The highest BCUT2D eigenvalue weighted by atomic mass is 16.5. The molecule has 0 amide bonds. The summed E-state index contributed by atoms with van der Waals surface area (Å²) in [4.78, 5) is 10.5. The van der Waals surface area contributed by atoms with E-state index >= 15 is 0 Å². The molecule has 0 heterocycles. The van der Waals surface area contributed by atoms with E-state index in [1.807, 2.05) is 18.2 Å². The number of aliphatic hydroxyl groups is 1. The molecule has 0 bridgehead atoms. The van der Waals surface area contributed by atoms with Crippen LogP contribution < -0.4 is 10.1 Å². The van der Waals surface area contributed by atoms with Crippen LogP contribution in [0.25, 0.3) is 0 Å². The van der Waals surface area contributed by atoms with E-state index in [1.165, 1.54) is 6.92 Å². The standard InChI is InChI=1S/C12H17NO4/c1-9(12(15)16)13-7-10(14)8-17-11-5-3-2-4-6-11/h2-6,9-10,13-14H,7-8H2,1H3,(H,15,16)/t9-,10+/m0/s1. The van der Waals surface area contributed by atoms with Gasteiger partial charge in [0.1, 0.15) is 24.5 Å². The number of ether oxygens (including phenoxy) is 1. The summed E-state index contributed by atoms with van der Waals surface area (Å²) in [5, 5.41) is 20.9. The maximum Gasteiger partial charge on any atom is 0.320 e. The average molecular weight is 239 g/mol. The summed E-state index contributed by atoms with van der Waals surface area (Å²) < 4.78 is 5.32. The van der Waals surface area contributed by atoms with Crippen molar-refractivity contribution >= 4 is 5.97 Å². The molecule has 17 heavy (non-hydrogen) atoms. The largest absolute Gasteiger partial charge is 0.491 e. The van der Waals surface area contributed by atoms with Crippen LogP contribution in [-0.2, 0) is 4.79 Å². The van der Waals surface area contributed by atoms with Gasteiger partial charge in [0.2, 0.25) is 0 Å². The molecule has 0 unspecified atom stereocenters. The fraction of sp³-hybridized carbons (Fsp3) is 0.417. The number of nitrogens with one attached hydrogen (secondary N) is 1. The molecule has 0 aliphatic heterocycles. The highest BCUT2D eigenvalue weighted by Crippen LogP contribution is 2.08. The minimum Gasteiger partial charge on any atom is -0.491 e. The van der Waals surface area contributed by atoms with Gasteiger partial charge in [-0.05, 0) is 19.1 Å². The smallest absolute Gasteiger partial charge is 0.320 e. The number of hydrogen-bond donors (Lipinski definition) is 3.